The van der Waals surface area contributed by atoms with E-state index in [1.165, 1.54) is 12.8 Å². The van der Waals surface area contributed by atoms with Crippen molar-refractivity contribution in [2.24, 2.45) is 11.7 Å². The van der Waals surface area contributed by atoms with Crippen LogP contribution in [-0.2, 0) is 0 Å². The van der Waals surface area contributed by atoms with Gasteiger partial charge in [-0.15, -0.1) is 0 Å². The zero-order valence-electron chi connectivity index (χ0n) is 12.0. The third-order valence-corrected chi connectivity index (χ3v) is 3.74. The summed E-state index contributed by atoms with van der Waals surface area (Å²) in [5.41, 5.74) is 6.21. The highest BCUT2D eigenvalue weighted by Crippen LogP contribution is 2.35. The predicted molar refractivity (Wildman–Crippen MR) is 74.4 cm³/mol. The highest BCUT2D eigenvalue weighted by atomic mass is 16.3. The molecule has 1 aliphatic carbocycles. The molecular formula is C15H26N2O. The largest absolute Gasteiger partial charge is 0.465 e. The summed E-state index contributed by atoms with van der Waals surface area (Å²) in [5, 5.41) is 0. The lowest BCUT2D eigenvalue weighted by molar-refractivity contribution is 0.112. The van der Waals surface area contributed by atoms with Gasteiger partial charge in [-0.2, -0.15) is 0 Å². The second-order valence-corrected chi connectivity index (χ2v) is 5.99. The summed E-state index contributed by atoms with van der Waals surface area (Å²) < 4.78 is 5.82. The Kier molecular flexibility index (Phi) is 4.13. The molecule has 0 radical (unpaired) electrons. The van der Waals surface area contributed by atoms with Gasteiger partial charge in [0.1, 0.15) is 11.5 Å². The number of aryl methyl sites for hydroxylation is 1. The van der Waals surface area contributed by atoms with Crippen LogP contribution < -0.4 is 5.73 Å². The van der Waals surface area contributed by atoms with Gasteiger partial charge in [0.15, 0.2) is 0 Å². The third kappa shape index (κ3) is 3.15. The van der Waals surface area contributed by atoms with Crippen molar-refractivity contribution in [3.8, 4) is 0 Å². The van der Waals surface area contributed by atoms with E-state index in [1.54, 1.807) is 0 Å². The van der Waals surface area contributed by atoms with Gasteiger partial charge in [0, 0.05) is 18.6 Å². The van der Waals surface area contributed by atoms with Crippen molar-refractivity contribution in [3.63, 3.8) is 0 Å². The fourth-order valence-corrected chi connectivity index (χ4v) is 2.58. The number of nitrogens with two attached hydrogens (primary N) is 1. The van der Waals surface area contributed by atoms with Crippen LogP contribution in [0.25, 0.3) is 0 Å². The average Bonchev–Trinajstić information content (AvgIpc) is 2.99. The Morgan fingerprint density at radius 3 is 2.39 bits per heavy atom. The smallest absolute Gasteiger partial charge is 0.122 e. The Morgan fingerprint density at radius 2 is 2.00 bits per heavy atom. The van der Waals surface area contributed by atoms with E-state index < -0.39 is 0 Å². The zero-order valence-corrected chi connectivity index (χ0v) is 12.0. The molecule has 2 rings (SSSR count). The zero-order chi connectivity index (χ0) is 13.3. The summed E-state index contributed by atoms with van der Waals surface area (Å²) in [6.45, 7) is 9.69. The molecule has 2 unspecified atom stereocenters. The fraction of sp³-hybridized carbons (Fsp3) is 0.733. The monoisotopic (exact) mass is 250 g/mol. The van der Waals surface area contributed by atoms with Crippen molar-refractivity contribution in [2.75, 3.05) is 6.54 Å². The molecule has 0 saturated heterocycles. The van der Waals surface area contributed by atoms with E-state index >= 15 is 0 Å². The Hall–Kier alpha value is -0.800. The minimum Gasteiger partial charge on any atom is -0.465 e. The van der Waals surface area contributed by atoms with E-state index in [-0.39, 0.29) is 12.1 Å². The minimum atomic E-state index is 0.0803. The van der Waals surface area contributed by atoms with Gasteiger partial charge in [-0.05, 0) is 58.6 Å². The lowest BCUT2D eigenvalue weighted by Crippen LogP contribution is -2.44. The number of rotatable bonds is 6. The molecule has 0 aromatic carbocycles. The number of nitrogens with zero attached hydrogens (tertiary/aromatic N) is 1. The van der Waals surface area contributed by atoms with Gasteiger partial charge in [0.2, 0.25) is 0 Å². The fourth-order valence-electron chi connectivity index (χ4n) is 2.58. The quantitative estimate of drug-likeness (QED) is 0.843. The Balaban J connectivity index is 2.20. The number of hydrogen-bond acceptors (Lipinski definition) is 3. The van der Waals surface area contributed by atoms with E-state index in [1.807, 2.05) is 13.0 Å². The van der Waals surface area contributed by atoms with Crippen LogP contribution in [0.3, 0.4) is 0 Å². The van der Waals surface area contributed by atoms with E-state index in [9.17, 15) is 0 Å². The number of hydrogen-bond donors (Lipinski definition) is 1. The van der Waals surface area contributed by atoms with E-state index in [0.717, 1.165) is 24.0 Å². The average molecular weight is 250 g/mol. The van der Waals surface area contributed by atoms with Crippen LogP contribution in [0.1, 0.15) is 51.2 Å². The molecule has 0 bridgehead atoms. The molecule has 3 nitrogen and oxygen atoms in total. The van der Waals surface area contributed by atoms with Gasteiger partial charge < -0.3 is 10.2 Å². The molecule has 0 aliphatic heterocycles. The first kappa shape index (κ1) is 13.6. The second kappa shape index (κ2) is 5.45. The third-order valence-electron chi connectivity index (χ3n) is 3.74. The standard InChI is InChI=1S/C15H26N2O/c1-10(2)17(9-13-6-7-13)15(12(4)16)14-8-5-11(3)18-14/h5,8,10,12-13,15H,6-7,9,16H2,1-4H3. The second-order valence-electron chi connectivity index (χ2n) is 5.99. The van der Waals surface area contributed by atoms with E-state index in [4.69, 9.17) is 10.2 Å². The van der Waals surface area contributed by atoms with Gasteiger partial charge in [-0.3, -0.25) is 4.90 Å². The summed E-state index contributed by atoms with van der Waals surface area (Å²) in [4.78, 5) is 2.50. The molecule has 0 amide bonds. The molecule has 1 saturated carbocycles. The van der Waals surface area contributed by atoms with Crippen molar-refractivity contribution >= 4 is 0 Å². The Morgan fingerprint density at radius 1 is 1.33 bits per heavy atom. The molecule has 3 heteroatoms. The minimum absolute atomic E-state index is 0.0803. The maximum atomic E-state index is 6.21. The maximum Gasteiger partial charge on any atom is 0.122 e. The van der Waals surface area contributed by atoms with Crippen molar-refractivity contribution in [1.29, 1.82) is 0 Å². The molecule has 1 heterocycles. The van der Waals surface area contributed by atoms with Crippen LogP contribution in [0.2, 0.25) is 0 Å². The first-order valence-electron chi connectivity index (χ1n) is 7.06. The van der Waals surface area contributed by atoms with Crippen LogP contribution in [0.5, 0.6) is 0 Å². The Labute approximate surface area is 110 Å². The molecule has 102 valence electrons. The molecule has 1 aromatic heterocycles. The van der Waals surface area contributed by atoms with Gasteiger partial charge >= 0.3 is 0 Å². The van der Waals surface area contributed by atoms with Crippen LogP contribution in [0.15, 0.2) is 16.5 Å². The topological polar surface area (TPSA) is 42.4 Å². The van der Waals surface area contributed by atoms with Gasteiger partial charge in [0.25, 0.3) is 0 Å². The SMILES string of the molecule is Cc1ccc(C(C(C)N)N(CC2CC2)C(C)C)o1. The lowest BCUT2D eigenvalue weighted by atomic mass is 10.0. The van der Waals surface area contributed by atoms with Gasteiger partial charge in [-0.1, -0.05) is 0 Å². The highest BCUT2D eigenvalue weighted by molar-refractivity contribution is 5.12. The molecule has 1 aromatic rings. The van der Waals surface area contributed by atoms with Crippen molar-refractivity contribution in [2.45, 2.75) is 58.7 Å². The summed E-state index contributed by atoms with van der Waals surface area (Å²) in [5.74, 6) is 2.84. The van der Waals surface area contributed by atoms with Crippen LogP contribution in [0, 0.1) is 12.8 Å². The van der Waals surface area contributed by atoms with Gasteiger partial charge in [0.05, 0.1) is 6.04 Å². The molecule has 2 atom stereocenters. The molecule has 0 spiro atoms. The van der Waals surface area contributed by atoms with Crippen LogP contribution in [0.4, 0.5) is 0 Å². The van der Waals surface area contributed by atoms with E-state index in [0.29, 0.717) is 6.04 Å². The van der Waals surface area contributed by atoms with E-state index in [2.05, 4.69) is 31.7 Å². The van der Waals surface area contributed by atoms with Crippen molar-refractivity contribution in [3.05, 3.63) is 23.7 Å². The van der Waals surface area contributed by atoms with Crippen molar-refractivity contribution < 1.29 is 4.42 Å². The molecule has 18 heavy (non-hydrogen) atoms. The molecule has 1 fully saturated rings. The highest BCUT2D eigenvalue weighted by Gasteiger charge is 2.33. The van der Waals surface area contributed by atoms with Crippen LogP contribution in [-0.4, -0.2) is 23.5 Å². The molecular weight excluding hydrogens is 224 g/mol. The summed E-state index contributed by atoms with van der Waals surface area (Å²) in [6.07, 6.45) is 2.73. The van der Waals surface area contributed by atoms with Crippen LogP contribution >= 0.6 is 0 Å². The molecule has 1 aliphatic rings. The Bertz CT molecular complexity index is 380. The summed E-state index contributed by atoms with van der Waals surface area (Å²) >= 11 is 0. The molecule has 2 N–H and O–H groups in total. The van der Waals surface area contributed by atoms with Gasteiger partial charge in [-0.25, -0.2) is 0 Å². The number of furan rings is 1. The first-order chi connectivity index (χ1) is 8.49. The normalized spacial score (nSPS) is 19.5. The summed E-state index contributed by atoms with van der Waals surface area (Å²) in [7, 11) is 0. The van der Waals surface area contributed by atoms with Crippen molar-refractivity contribution in [1.82, 2.24) is 4.90 Å². The lowest BCUT2D eigenvalue weighted by Gasteiger charge is -2.36. The first-order valence-corrected chi connectivity index (χ1v) is 7.06. The maximum absolute atomic E-state index is 6.21. The summed E-state index contributed by atoms with van der Waals surface area (Å²) in [6, 6.07) is 4.87. The predicted octanol–water partition coefficient (Wildman–Crippen LogP) is 3.10.